The highest BCUT2D eigenvalue weighted by atomic mass is 16.4. The van der Waals surface area contributed by atoms with Crippen molar-refractivity contribution >= 4 is 16.9 Å². The highest BCUT2D eigenvalue weighted by molar-refractivity contribution is 6.03. The Morgan fingerprint density at radius 2 is 1.94 bits per heavy atom. The monoisotopic (exact) mass is 242 g/mol. The summed E-state index contributed by atoms with van der Waals surface area (Å²) < 4.78 is 0. The summed E-state index contributed by atoms with van der Waals surface area (Å²) in [5.74, 6) is -0.865. The van der Waals surface area contributed by atoms with E-state index in [1.54, 1.807) is 30.6 Å². The van der Waals surface area contributed by atoms with Gasteiger partial charge in [0.05, 0.1) is 5.52 Å². The van der Waals surface area contributed by atoms with Gasteiger partial charge in [0.25, 0.3) is 0 Å². The fourth-order valence-electron chi connectivity index (χ4n) is 2.13. The molecule has 2 heterocycles. The van der Waals surface area contributed by atoms with Gasteiger partial charge in [0.15, 0.2) is 0 Å². The van der Waals surface area contributed by atoms with Crippen LogP contribution in [0.1, 0.15) is 10.5 Å². The minimum atomic E-state index is -1.01. The lowest BCUT2D eigenvalue weighted by molar-refractivity contribution is 0.0692. The van der Waals surface area contributed by atoms with E-state index in [1.165, 1.54) is 0 Å². The molecule has 0 saturated heterocycles. The quantitative estimate of drug-likeness (QED) is 0.556. The van der Waals surface area contributed by atoms with E-state index in [1.807, 2.05) is 6.07 Å². The molecule has 1 aromatic carbocycles. The largest absolute Gasteiger partial charge is 0.506 e. The van der Waals surface area contributed by atoms with Crippen molar-refractivity contribution in [2.24, 2.45) is 0 Å². The fraction of sp³-hybridized carbons (Fsp3) is 0. The maximum absolute atomic E-state index is 11.1. The third-order valence-corrected chi connectivity index (χ3v) is 2.94. The predicted octanol–water partition coefficient (Wildman–Crippen LogP) is 2.57. The minimum absolute atomic E-state index is 0.138. The number of hydrogen-bond acceptors (Lipinski definition) is 2. The Bertz CT molecular complexity index is 740. The molecule has 18 heavy (non-hydrogen) atoms. The van der Waals surface area contributed by atoms with Crippen molar-refractivity contribution in [2.45, 2.75) is 0 Å². The molecule has 3 rings (SSSR count). The average Bonchev–Trinajstić information content (AvgIpc) is 2.94. The number of carbonyl (C=O) groups is 1. The van der Waals surface area contributed by atoms with Crippen LogP contribution in [0.25, 0.3) is 22.0 Å². The van der Waals surface area contributed by atoms with Crippen LogP contribution < -0.4 is 0 Å². The lowest BCUT2D eigenvalue weighted by Gasteiger charge is -1.99. The number of carboxylic acid groups (broad SMARTS) is 1. The fourth-order valence-corrected chi connectivity index (χ4v) is 2.13. The highest BCUT2D eigenvalue weighted by Gasteiger charge is 2.16. The highest BCUT2D eigenvalue weighted by Crippen LogP contribution is 2.34. The van der Waals surface area contributed by atoms with Crippen LogP contribution in [0, 0.1) is 0 Å². The molecule has 2 aromatic heterocycles. The van der Waals surface area contributed by atoms with Crippen molar-refractivity contribution in [1.29, 1.82) is 0 Å². The van der Waals surface area contributed by atoms with Gasteiger partial charge in [-0.2, -0.15) is 0 Å². The molecule has 0 spiro atoms. The molecule has 4 N–H and O–H groups in total. The second-order valence-corrected chi connectivity index (χ2v) is 3.97. The number of carboxylic acids is 1. The topological polar surface area (TPSA) is 89.1 Å². The number of phenols is 1. The maximum Gasteiger partial charge on any atom is 0.352 e. The van der Waals surface area contributed by atoms with Gasteiger partial charge in [-0.05, 0) is 12.1 Å². The van der Waals surface area contributed by atoms with E-state index in [-0.39, 0.29) is 11.4 Å². The molecule has 0 aliphatic heterocycles. The molecule has 0 fully saturated rings. The summed E-state index contributed by atoms with van der Waals surface area (Å²) in [5.41, 5.74) is 2.09. The molecule has 0 atom stereocenters. The van der Waals surface area contributed by atoms with E-state index < -0.39 is 5.97 Å². The summed E-state index contributed by atoms with van der Waals surface area (Å²) in [6, 6.07) is 6.84. The van der Waals surface area contributed by atoms with Gasteiger partial charge < -0.3 is 20.2 Å². The molecule has 90 valence electrons. The molecular formula is C13H10N2O3. The van der Waals surface area contributed by atoms with Crippen LogP contribution >= 0.6 is 0 Å². The summed E-state index contributed by atoms with van der Waals surface area (Å²) in [4.78, 5) is 16.7. The number of nitrogens with one attached hydrogen (secondary N) is 2. The zero-order valence-electron chi connectivity index (χ0n) is 9.27. The molecule has 5 heteroatoms. The molecule has 0 aliphatic carbocycles. The summed E-state index contributed by atoms with van der Waals surface area (Å²) in [7, 11) is 0. The third-order valence-electron chi connectivity index (χ3n) is 2.94. The molecule has 0 amide bonds. The van der Waals surface area contributed by atoms with Crippen LogP contribution in [-0.2, 0) is 0 Å². The minimum Gasteiger partial charge on any atom is -0.506 e. The van der Waals surface area contributed by atoms with E-state index in [0.717, 1.165) is 10.9 Å². The first-order valence-electron chi connectivity index (χ1n) is 5.38. The van der Waals surface area contributed by atoms with Gasteiger partial charge in [0.1, 0.15) is 11.4 Å². The maximum atomic E-state index is 11.1. The first kappa shape index (κ1) is 10.5. The number of rotatable bonds is 2. The number of H-pyrrole nitrogens is 2. The Morgan fingerprint density at radius 3 is 2.72 bits per heavy atom. The zero-order chi connectivity index (χ0) is 12.7. The van der Waals surface area contributed by atoms with Crippen LogP contribution in [0.15, 0.2) is 36.7 Å². The molecule has 5 nitrogen and oxygen atoms in total. The Kier molecular flexibility index (Phi) is 2.13. The number of aromatic carboxylic acids is 1. The number of benzene rings is 1. The van der Waals surface area contributed by atoms with Crippen molar-refractivity contribution < 1.29 is 15.0 Å². The van der Waals surface area contributed by atoms with Crippen molar-refractivity contribution in [3.63, 3.8) is 0 Å². The van der Waals surface area contributed by atoms with Crippen molar-refractivity contribution in [3.05, 3.63) is 42.4 Å². The Balaban J connectivity index is 2.29. The summed E-state index contributed by atoms with van der Waals surface area (Å²) in [5, 5.41) is 19.6. The van der Waals surface area contributed by atoms with Crippen molar-refractivity contribution in [1.82, 2.24) is 9.97 Å². The zero-order valence-corrected chi connectivity index (χ0v) is 9.27. The number of hydrogen-bond donors (Lipinski definition) is 4. The molecular weight excluding hydrogens is 232 g/mol. The molecule has 3 aromatic rings. The molecule has 0 bridgehead atoms. The van der Waals surface area contributed by atoms with Crippen LogP contribution in [0.2, 0.25) is 0 Å². The van der Waals surface area contributed by atoms with E-state index in [0.29, 0.717) is 11.1 Å². The van der Waals surface area contributed by atoms with Crippen molar-refractivity contribution in [2.75, 3.05) is 0 Å². The smallest absolute Gasteiger partial charge is 0.352 e. The summed E-state index contributed by atoms with van der Waals surface area (Å²) in [6.45, 7) is 0. The van der Waals surface area contributed by atoms with Gasteiger partial charge in [-0.3, -0.25) is 0 Å². The van der Waals surface area contributed by atoms with Gasteiger partial charge in [0.2, 0.25) is 0 Å². The van der Waals surface area contributed by atoms with Crippen LogP contribution in [-0.4, -0.2) is 26.2 Å². The number of aromatic amines is 2. The second kappa shape index (κ2) is 3.66. The van der Waals surface area contributed by atoms with Crippen LogP contribution in [0.3, 0.4) is 0 Å². The molecule has 0 unspecified atom stereocenters. The first-order valence-corrected chi connectivity index (χ1v) is 5.38. The van der Waals surface area contributed by atoms with E-state index >= 15 is 0 Å². The lowest BCUT2D eigenvalue weighted by Crippen LogP contribution is -1.98. The lowest BCUT2D eigenvalue weighted by atomic mass is 10.0. The van der Waals surface area contributed by atoms with E-state index in [2.05, 4.69) is 9.97 Å². The second-order valence-electron chi connectivity index (χ2n) is 3.97. The number of aromatic hydroxyl groups is 1. The normalized spacial score (nSPS) is 10.9. The SMILES string of the molecule is O=C(O)c1[nH]ccc1-c1c[nH]c2c(O)cccc12. The predicted molar refractivity (Wildman–Crippen MR) is 66.7 cm³/mol. The molecule has 0 radical (unpaired) electrons. The first-order chi connectivity index (χ1) is 8.68. The summed E-state index contributed by atoms with van der Waals surface area (Å²) >= 11 is 0. The average molecular weight is 242 g/mol. The van der Waals surface area contributed by atoms with Gasteiger partial charge in [-0.1, -0.05) is 12.1 Å². The van der Waals surface area contributed by atoms with Crippen LogP contribution in [0.4, 0.5) is 0 Å². The Morgan fingerprint density at radius 1 is 1.11 bits per heavy atom. The standard InChI is InChI=1S/C13H10N2O3/c16-10-3-1-2-7-9(6-15-11(7)10)8-4-5-14-12(8)13(17)18/h1-6,14-16H,(H,17,18). The van der Waals surface area contributed by atoms with Gasteiger partial charge >= 0.3 is 5.97 Å². The van der Waals surface area contributed by atoms with Gasteiger partial charge in [0, 0.05) is 28.9 Å². The van der Waals surface area contributed by atoms with E-state index in [9.17, 15) is 9.90 Å². The number of fused-ring (bicyclic) bond motifs is 1. The molecule has 0 saturated carbocycles. The van der Waals surface area contributed by atoms with Crippen LogP contribution in [0.5, 0.6) is 5.75 Å². The van der Waals surface area contributed by atoms with Crippen molar-refractivity contribution in [3.8, 4) is 16.9 Å². The Hall–Kier alpha value is -2.69. The van der Waals surface area contributed by atoms with E-state index in [4.69, 9.17) is 5.11 Å². The Labute approximate surface area is 102 Å². The number of phenolic OH excluding ortho intramolecular Hbond substituents is 1. The van der Waals surface area contributed by atoms with Gasteiger partial charge in [-0.25, -0.2) is 4.79 Å². The third kappa shape index (κ3) is 1.37. The summed E-state index contributed by atoms with van der Waals surface area (Å²) in [6.07, 6.45) is 3.28. The van der Waals surface area contributed by atoms with Gasteiger partial charge in [-0.15, -0.1) is 0 Å². The number of para-hydroxylation sites is 1. The number of aromatic nitrogens is 2. The molecule has 0 aliphatic rings.